The standard InChI is InChI=1S/C29H22F3N3O3/c30-29(31,32)19-14-12-17(13-15-19)23-22-11-6-16-35(22)28(20-9-4-5-10-21(20)33-25(28)36)27(23)26(37)38-24(34-27)18-7-2-1-3-8-18/h1-5,7-10,12-15,22-23H,6,11,16H2,(H,33,36)/t22-,23-,27+,28-/m1/s1. The number of halogens is 3. The fourth-order valence-electron chi connectivity index (χ4n) is 7.05. The lowest BCUT2D eigenvalue weighted by Gasteiger charge is -2.40. The monoisotopic (exact) mass is 517 g/mol. The summed E-state index contributed by atoms with van der Waals surface area (Å²) in [7, 11) is 0. The van der Waals surface area contributed by atoms with Crippen molar-refractivity contribution in [1.29, 1.82) is 0 Å². The van der Waals surface area contributed by atoms with Crippen LogP contribution in [0, 0.1) is 0 Å². The Balaban J connectivity index is 1.52. The number of para-hydroxylation sites is 1. The minimum atomic E-state index is -4.50. The number of hydrogen-bond acceptors (Lipinski definition) is 5. The van der Waals surface area contributed by atoms with Crippen molar-refractivity contribution in [3.8, 4) is 0 Å². The molecule has 3 aromatic carbocycles. The Morgan fingerprint density at radius 2 is 1.66 bits per heavy atom. The first-order valence-electron chi connectivity index (χ1n) is 12.5. The average Bonchev–Trinajstić information content (AvgIpc) is 3.64. The molecule has 0 aromatic heterocycles. The number of anilines is 1. The molecule has 0 unspecified atom stereocenters. The van der Waals surface area contributed by atoms with Crippen molar-refractivity contribution in [2.24, 2.45) is 4.99 Å². The van der Waals surface area contributed by atoms with Crippen LogP contribution < -0.4 is 5.32 Å². The van der Waals surface area contributed by atoms with E-state index in [1.807, 2.05) is 23.1 Å². The summed E-state index contributed by atoms with van der Waals surface area (Å²) in [6.45, 7) is 0.536. The number of cyclic esters (lactones) is 1. The van der Waals surface area contributed by atoms with Gasteiger partial charge in [0.05, 0.1) is 5.56 Å². The number of carbonyl (C=O) groups excluding carboxylic acids is 2. The summed E-state index contributed by atoms with van der Waals surface area (Å²) < 4.78 is 46.1. The first-order valence-corrected chi connectivity index (χ1v) is 12.5. The molecule has 3 aromatic rings. The van der Waals surface area contributed by atoms with Crippen LogP contribution in [0.5, 0.6) is 0 Å². The largest absolute Gasteiger partial charge is 0.416 e. The second-order valence-electron chi connectivity index (χ2n) is 10.1. The van der Waals surface area contributed by atoms with Gasteiger partial charge in [-0.1, -0.05) is 48.5 Å². The van der Waals surface area contributed by atoms with Crippen LogP contribution in [-0.2, 0) is 26.0 Å². The van der Waals surface area contributed by atoms with Gasteiger partial charge in [-0.2, -0.15) is 13.2 Å². The Bertz CT molecular complexity index is 1500. The number of alkyl halides is 3. The van der Waals surface area contributed by atoms with Gasteiger partial charge in [-0.05, 0) is 55.3 Å². The van der Waals surface area contributed by atoms with E-state index < -0.39 is 34.7 Å². The fraction of sp³-hybridized carbons (Fsp3) is 0.276. The number of benzene rings is 3. The highest BCUT2D eigenvalue weighted by Gasteiger charge is 2.80. The van der Waals surface area contributed by atoms with Crippen LogP contribution >= 0.6 is 0 Å². The molecular weight excluding hydrogens is 495 g/mol. The smallest absolute Gasteiger partial charge is 0.405 e. The van der Waals surface area contributed by atoms with Gasteiger partial charge in [-0.25, -0.2) is 9.79 Å². The topological polar surface area (TPSA) is 71.0 Å². The Hall–Kier alpha value is -3.98. The van der Waals surface area contributed by atoms with Crippen LogP contribution in [0.4, 0.5) is 18.9 Å². The van der Waals surface area contributed by atoms with Gasteiger partial charge in [0.1, 0.15) is 0 Å². The molecule has 0 radical (unpaired) electrons. The van der Waals surface area contributed by atoms with Crippen molar-refractivity contribution in [2.75, 3.05) is 11.9 Å². The average molecular weight is 518 g/mol. The SMILES string of the molecule is O=C1OC(c2ccccc2)=N[C@@]12[C@H](c1ccc(C(F)(F)F)cc1)[C@H]1CCCN1[C@]21C(=O)Nc2ccccc21. The predicted octanol–water partition coefficient (Wildman–Crippen LogP) is 4.86. The van der Waals surface area contributed by atoms with Gasteiger partial charge >= 0.3 is 12.1 Å². The summed E-state index contributed by atoms with van der Waals surface area (Å²) >= 11 is 0. The van der Waals surface area contributed by atoms with Gasteiger partial charge in [-0.15, -0.1) is 0 Å². The molecule has 0 bridgehead atoms. The summed E-state index contributed by atoms with van der Waals surface area (Å²) in [6.07, 6.45) is -3.06. The normalized spacial score (nSPS) is 29.9. The number of ether oxygens (including phenoxy) is 1. The van der Waals surface area contributed by atoms with E-state index in [0.717, 1.165) is 18.6 Å². The maximum atomic E-state index is 14.2. The molecule has 2 fully saturated rings. The van der Waals surface area contributed by atoms with Crippen LogP contribution in [0.3, 0.4) is 0 Å². The first kappa shape index (κ1) is 23.2. The number of nitrogens with one attached hydrogen (secondary N) is 1. The third-order valence-corrected chi connectivity index (χ3v) is 8.41. The molecular formula is C29H22F3N3O3. The van der Waals surface area contributed by atoms with Crippen molar-refractivity contribution >= 4 is 23.5 Å². The molecule has 2 saturated heterocycles. The highest BCUT2D eigenvalue weighted by Crippen LogP contribution is 2.65. The Morgan fingerprint density at radius 1 is 0.947 bits per heavy atom. The number of carbonyl (C=O) groups is 2. The predicted molar refractivity (Wildman–Crippen MR) is 132 cm³/mol. The second kappa shape index (κ2) is 7.77. The van der Waals surface area contributed by atoms with E-state index in [1.54, 1.807) is 36.4 Å². The molecule has 2 spiro atoms. The number of rotatable bonds is 2. The number of esters is 1. The zero-order valence-electron chi connectivity index (χ0n) is 20.0. The summed E-state index contributed by atoms with van der Waals surface area (Å²) in [5.41, 5.74) is -1.71. The van der Waals surface area contributed by atoms with Crippen LogP contribution in [0.15, 0.2) is 83.9 Å². The lowest BCUT2D eigenvalue weighted by Crippen LogP contribution is -2.62. The summed E-state index contributed by atoms with van der Waals surface area (Å²) in [5, 5.41) is 2.96. The molecule has 9 heteroatoms. The molecule has 7 rings (SSSR count). The Kier molecular flexibility index (Phi) is 4.73. The molecule has 4 aliphatic heterocycles. The van der Waals surface area contributed by atoms with E-state index in [2.05, 4.69) is 5.32 Å². The van der Waals surface area contributed by atoms with Crippen molar-refractivity contribution in [3.05, 3.63) is 101 Å². The summed E-state index contributed by atoms with van der Waals surface area (Å²) in [4.78, 5) is 35.4. The molecule has 1 N–H and O–H groups in total. The van der Waals surface area contributed by atoms with E-state index >= 15 is 0 Å². The first-order chi connectivity index (χ1) is 18.3. The van der Waals surface area contributed by atoms with Crippen LogP contribution in [0.25, 0.3) is 0 Å². The lowest BCUT2D eigenvalue weighted by atomic mass is 9.66. The van der Waals surface area contributed by atoms with Gasteiger partial charge in [0.25, 0.3) is 5.91 Å². The summed E-state index contributed by atoms with van der Waals surface area (Å²) in [5.74, 6) is -1.67. The number of amides is 1. The maximum Gasteiger partial charge on any atom is 0.416 e. The molecule has 4 aliphatic rings. The molecule has 1 amide bonds. The lowest BCUT2D eigenvalue weighted by molar-refractivity contribution is -0.148. The molecule has 0 saturated carbocycles. The van der Waals surface area contributed by atoms with Crippen molar-refractivity contribution in [1.82, 2.24) is 4.90 Å². The zero-order chi connectivity index (χ0) is 26.3. The number of fused-ring (bicyclic) bond motifs is 5. The highest BCUT2D eigenvalue weighted by molar-refractivity contribution is 6.17. The van der Waals surface area contributed by atoms with E-state index in [-0.39, 0.29) is 17.8 Å². The van der Waals surface area contributed by atoms with E-state index in [0.29, 0.717) is 35.3 Å². The minimum Gasteiger partial charge on any atom is -0.405 e. The second-order valence-corrected chi connectivity index (χ2v) is 10.1. The van der Waals surface area contributed by atoms with Gasteiger partial charge < -0.3 is 10.1 Å². The third-order valence-electron chi connectivity index (χ3n) is 8.41. The van der Waals surface area contributed by atoms with Crippen molar-refractivity contribution in [2.45, 2.75) is 42.1 Å². The van der Waals surface area contributed by atoms with E-state index in [4.69, 9.17) is 9.73 Å². The maximum absolute atomic E-state index is 14.2. The van der Waals surface area contributed by atoms with Gasteiger partial charge in [0, 0.05) is 28.8 Å². The highest BCUT2D eigenvalue weighted by atomic mass is 19.4. The fourth-order valence-corrected chi connectivity index (χ4v) is 7.05. The minimum absolute atomic E-state index is 0.102. The molecule has 38 heavy (non-hydrogen) atoms. The number of aliphatic imine (C=N–C) groups is 1. The number of nitrogens with zero attached hydrogens (tertiary/aromatic N) is 2. The Morgan fingerprint density at radius 3 is 2.39 bits per heavy atom. The Labute approximate surface area is 216 Å². The third kappa shape index (κ3) is 2.79. The molecule has 4 heterocycles. The van der Waals surface area contributed by atoms with E-state index in [1.165, 1.54) is 12.1 Å². The van der Waals surface area contributed by atoms with E-state index in [9.17, 15) is 22.8 Å². The van der Waals surface area contributed by atoms with Crippen molar-refractivity contribution in [3.63, 3.8) is 0 Å². The number of hydrogen-bond donors (Lipinski definition) is 1. The van der Waals surface area contributed by atoms with Crippen LogP contribution in [-0.4, -0.2) is 40.8 Å². The van der Waals surface area contributed by atoms with Gasteiger partial charge in [-0.3, -0.25) is 9.69 Å². The molecule has 4 atom stereocenters. The molecule has 6 nitrogen and oxygen atoms in total. The summed E-state index contributed by atoms with van der Waals surface area (Å²) in [6, 6.07) is 20.7. The quantitative estimate of drug-likeness (QED) is 0.493. The zero-order valence-corrected chi connectivity index (χ0v) is 20.0. The van der Waals surface area contributed by atoms with Gasteiger partial charge in [0.15, 0.2) is 5.54 Å². The van der Waals surface area contributed by atoms with Crippen LogP contribution in [0.2, 0.25) is 0 Å². The molecule has 0 aliphatic carbocycles. The van der Waals surface area contributed by atoms with Crippen molar-refractivity contribution < 1.29 is 27.5 Å². The van der Waals surface area contributed by atoms with Gasteiger partial charge in [0.2, 0.25) is 11.4 Å². The van der Waals surface area contributed by atoms with Crippen LogP contribution in [0.1, 0.15) is 41.0 Å². The molecule has 192 valence electrons.